The summed E-state index contributed by atoms with van der Waals surface area (Å²) in [6.07, 6.45) is 1.26. The molecule has 5 heteroatoms. The molecule has 2 aromatic carbocycles. The van der Waals surface area contributed by atoms with E-state index in [1.54, 1.807) is 0 Å². The van der Waals surface area contributed by atoms with Gasteiger partial charge >= 0.3 is 5.97 Å². The fourth-order valence-corrected chi connectivity index (χ4v) is 3.67. The molecule has 1 heterocycles. The molecule has 0 spiro atoms. The molecule has 0 radical (unpaired) electrons. The molecule has 2 atom stereocenters. The van der Waals surface area contributed by atoms with E-state index in [-0.39, 0.29) is 0 Å². The van der Waals surface area contributed by atoms with Gasteiger partial charge in [-0.25, -0.2) is 8.78 Å². The van der Waals surface area contributed by atoms with Crippen LogP contribution in [0.4, 0.5) is 8.78 Å². The van der Waals surface area contributed by atoms with Gasteiger partial charge in [-0.2, -0.15) is 0 Å². The molecule has 0 aromatic heterocycles. The number of hydrogen-bond acceptors (Lipinski definition) is 2. The fraction of sp³-hybridized carbons (Fsp3) is 0.350. The minimum atomic E-state index is -0.907. The molecular weight excluding hydrogens is 324 g/mol. The second kappa shape index (κ2) is 6.92. The van der Waals surface area contributed by atoms with Crippen molar-refractivity contribution in [2.45, 2.75) is 38.8 Å². The normalized spacial score (nSPS) is 19.1. The zero-order valence-electron chi connectivity index (χ0n) is 14.3. The number of carboxylic acid groups (broad SMARTS) is 1. The molecule has 0 saturated carbocycles. The SMILES string of the molecule is Cc1ccc(C)c(C(c2ccc(F)cc2F)N2CCCC2C(=O)O)c1. The van der Waals surface area contributed by atoms with Crippen molar-refractivity contribution < 1.29 is 18.7 Å². The first-order chi connectivity index (χ1) is 11.9. The van der Waals surface area contributed by atoms with Crippen molar-refractivity contribution in [1.29, 1.82) is 0 Å². The minimum absolute atomic E-state index is 0.309. The van der Waals surface area contributed by atoms with Crippen LogP contribution in [0.25, 0.3) is 0 Å². The molecule has 1 fully saturated rings. The van der Waals surface area contributed by atoms with Gasteiger partial charge in [-0.05, 0) is 43.9 Å². The van der Waals surface area contributed by atoms with E-state index in [1.165, 1.54) is 12.1 Å². The number of carbonyl (C=O) groups is 1. The lowest BCUT2D eigenvalue weighted by Crippen LogP contribution is -2.39. The maximum Gasteiger partial charge on any atom is 0.320 e. The van der Waals surface area contributed by atoms with E-state index in [0.29, 0.717) is 18.5 Å². The highest BCUT2D eigenvalue weighted by Crippen LogP contribution is 2.37. The van der Waals surface area contributed by atoms with E-state index >= 15 is 0 Å². The first-order valence-electron chi connectivity index (χ1n) is 8.39. The van der Waals surface area contributed by atoms with E-state index in [0.717, 1.165) is 29.2 Å². The van der Waals surface area contributed by atoms with E-state index in [9.17, 15) is 18.7 Å². The zero-order valence-corrected chi connectivity index (χ0v) is 14.3. The van der Waals surface area contributed by atoms with Crippen molar-refractivity contribution in [3.8, 4) is 0 Å². The Kier molecular flexibility index (Phi) is 4.86. The maximum atomic E-state index is 14.6. The summed E-state index contributed by atoms with van der Waals surface area (Å²) in [4.78, 5) is 13.5. The first kappa shape index (κ1) is 17.5. The number of rotatable bonds is 4. The van der Waals surface area contributed by atoms with Gasteiger partial charge in [0.2, 0.25) is 0 Å². The van der Waals surface area contributed by atoms with E-state index < -0.39 is 29.7 Å². The quantitative estimate of drug-likeness (QED) is 0.902. The zero-order chi connectivity index (χ0) is 18.1. The lowest BCUT2D eigenvalue weighted by atomic mass is 9.91. The maximum absolute atomic E-state index is 14.6. The topological polar surface area (TPSA) is 40.5 Å². The van der Waals surface area contributed by atoms with Crippen molar-refractivity contribution in [3.63, 3.8) is 0 Å². The molecule has 0 bridgehead atoms. The number of aryl methyl sites for hydroxylation is 2. The summed E-state index contributed by atoms with van der Waals surface area (Å²) in [5.74, 6) is -2.20. The van der Waals surface area contributed by atoms with Crippen molar-refractivity contribution >= 4 is 5.97 Å². The number of aliphatic carboxylic acids is 1. The smallest absolute Gasteiger partial charge is 0.320 e. The molecule has 132 valence electrons. The van der Waals surface area contributed by atoms with Crippen molar-refractivity contribution in [3.05, 3.63) is 70.3 Å². The summed E-state index contributed by atoms with van der Waals surface area (Å²) in [5.41, 5.74) is 3.14. The molecule has 3 rings (SSSR count). The van der Waals surface area contributed by atoms with Gasteiger partial charge in [0.25, 0.3) is 0 Å². The molecule has 1 aliphatic rings. The summed E-state index contributed by atoms with van der Waals surface area (Å²) >= 11 is 0. The Labute approximate surface area is 145 Å². The predicted molar refractivity (Wildman–Crippen MR) is 91.5 cm³/mol. The molecule has 3 nitrogen and oxygen atoms in total. The molecule has 2 unspecified atom stereocenters. The van der Waals surface area contributed by atoms with Gasteiger partial charge in [0, 0.05) is 18.2 Å². The molecule has 0 amide bonds. The third kappa shape index (κ3) is 3.42. The number of halogens is 2. The minimum Gasteiger partial charge on any atom is -0.480 e. The van der Waals surface area contributed by atoms with Crippen LogP contribution >= 0.6 is 0 Å². The monoisotopic (exact) mass is 345 g/mol. The highest BCUT2D eigenvalue weighted by molar-refractivity contribution is 5.74. The van der Waals surface area contributed by atoms with E-state index in [4.69, 9.17) is 0 Å². The summed E-state index contributed by atoms with van der Waals surface area (Å²) in [7, 11) is 0. The molecular formula is C20H21F2NO2. The van der Waals surface area contributed by atoms with Crippen LogP contribution in [0.5, 0.6) is 0 Å². The second-order valence-electron chi connectivity index (χ2n) is 6.66. The summed E-state index contributed by atoms with van der Waals surface area (Å²) in [5, 5.41) is 9.57. The number of benzene rings is 2. The van der Waals surface area contributed by atoms with Crippen LogP contribution in [0.15, 0.2) is 36.4 Å². The summed E-state index contributed by atoms with van der Waals surface area (Å²) in [6, 6.07) is 8.16. The predicted octanol–water partition coefficient (Wildman–Crippen LogP) is 4.22. The average molecular weight is 345 g/mol. The average Bonchev–Trinajstić information content (AvgIpc) is 3.02. The van der Waals surface area contributed by atoms with Gasteiger partial charge < -0.3 is 5.11 Å². The van der Waals surface area contributed by atoms with Crippen LogP contribution in [-0.2, 0) is 4.79 Å². The van der Waals surface area contributed by atoms with Crippen LogP contribution in [0.1, 0.15) is 41.1 Å². The Morgan fingerprint density at radius 3 is 2.60 bits per heavy atom. The van der Waals surface area contributed by atoms with Crippen LogP contribution in [0.3, 0.4) is 0 Å². The third-order valence-corrected chi connectivity index (χ3v) is 4.90. The van der Waals surface area contributed by atoms with Crippen LogP contribution in [-0.4, -0.2) is 28.6 Å². The van der Waals surface area contributed by atoms with Crippen molar-refractivity contribution in [1.82, 2.24) is 4.90 Å². The molecule has 1 N–H and O–H groups in total. The van der Waals surface area contributed by atoms with E-state index in [2.05, 4.69) is 0 Å². The summed E-state index contributed by atoms with van der Waals surface area (Å²) < 4.78 is 28.0. The number of nitrogens with zero attached hydrogens (tertiary/aromatic N) is 1. The van der Waals surface area contributed by atoms with Gasteiger partial charge in [0.15, 0.2) is 0 Å². The molecule has 1 saturated heterocycles. The van der Waals surface area contributed by atoms with Gasteiger partial charge in [0.1, 0.15) is 17.7 Å². The first-order valence-corrected chi connectivity index (χ1v) is 8.39. The van der Waals surface area contributed by atoms with Crippen LogP contribution in [0.2, 0.25) is 0 Å². The molecule has 25 heavy (non-hydrogen) atoms. The molecule has 2 aromatic rings. The van der Waals surface area contributed by atoms with Gasteiger partial charge in [-0.1, -0.05) is 29.8 Å². The number of hydrogen-bond donors (Lipinski definition) is 1. The van der Waals surface area contributed by atoms with Crippen LogP contribution < -0.4 is 0 Å². The highest BCUT2D eigenvalue weighted by Gasteiger charge is 2.38. The lowest BCUT2D eigenvalue weighted by Gasteiger charge is -2.33. The van der Waals surface area contributed by atoms with Gasteiger partial charge in [-0.3, -0.25) is 9.69 Å². The Balaban J connectivity index is 2.17. The third-order valence-electron chi connectivity index (χ3n) is 4.90. The largest absolute Gasteiger partial charge is 0.480 e. The second-order valence-corrected chi connectivity index (χ2v) is 6.66. The number of carboxylic acids is 1. The standard InChI is InChI=1S/C20H21F2NO2/c1-12-5-6-13(2)16(10-12)19(15-8-7-14(21)11-17(15)22)23-9-3-4-18(23)20(24)25/h5-8,10-11,18-19H,3-4,9H2,1-2H3,(H,24,25). The molecule has 1 aliphatic heterocycles. The Bertz CT molecular complexity index is 806. The summed E-state index contributed by atoms with van der Waals surface area (Å²) in [6.45, 7) is 4.43. The lowest BCUT2D eigenvalue weighted by molar-refractivity contribution is -0.142. The Morgan fingerprint density at radius 1 is 1.16 bits per heavy atom. The van der Waals surface area contributed by atoms with Gasteiger partial charge in [-0.15, -0.1) is 0 Å². The fourth-order valence-electron chi connectivity index (χ4n) is 3.67. The van der Waals surface area contributed by atoms with Crippen molar-refractivity contribution in [2.24, 2.45) is 0 Å². The number of likely N-dealkylation sites (tertiary alicyclic amines) is 1. The highest BCUT2D eigenvalue weighted by atomic mass is 19.1. The Morgan fingerprint density at radius 2 is 1.92 bits per heavy atom. The Hall–Kier alpha value is -2.27. The van der Waals surface area contributed by atoms with Crippen LogP contribution in [0, 0.1) is 25.5 Å². The van der Waals surface area contributed by atoms with Gasteiger partial charge in [0.05, 0.1) is 6.04 Å². The molecule has 0 aliphatic carbocycles. The van der Waals surface area contributed by atoms with E-state index in [1.807, 2.05) is 36.9 Å². The van der Waals surface area contributed by atoms with Crippen molar-refractivity contribution in [2.75, 3.05) is 6.54 Å².